The maximum Gasteiger partial charge on any atom is 0.230 e. The van der Waals surface area contributed by atoms with Gasteiger partial charge in [-0.1, -0.05) is 43.5 Å². The Morgan fingerprint density at radius 1 is 1.14 bits per heavy atom. The number of hydrogen-bond acceptors (Lipinski definition) is 2. The van der Waals surface area contributed by atoms with E-state index in [1.807, 2.05) is 13.1 Å². The Labute approximate surface area is 134 Å². The summed E-state index contributed by atoms with van der Waals surface area (Å²) >= 11 is 0. The van der Waals surface area contributed by atoms with Gasteiger partial charge in [-0.15, -0.1) is 12.4 Å². The number of carbonyl (C=O) groups excluding carboxylic acids is 1. The lowest BCUT2D eigenvalue weighted by Gasteiger charge is -2.37. The quantitative estimate of drug-likeness (QED) is 0.821. The van der Waals surface area contributed by atoms with Gasteiger partial charge in [0.25, 0.3) is 0 Å². The molecule has 0 atom stereocenters. The van der Waals surface area contributed by atoms with Crippen LogP contribution in [-0.4, -0.2) is 26.0 Å². The molecule has 118 valence electrons. The van der Waals surface area contributed by atoms with Crippen molar-refractivity contribution in [2.45, 2.75) is 44.4 Å². The number of aryl methyl sites for hydroxylation is 1. The summed E-state index contributed by atoms with van der Waals surface area (Å²) in [4.78, 5) is 12.8. The Morgan fingerprint density at radius 3 is 2.43 bits per heavy atom. The van der Waals surface area contributed by atoms with Crippen molar-refractivity contribution in [3.63, 3.8) is 0 Å². The van der Waals surface area contributed by atoms with Gasteiger partial charge in [0.05, 0.1) is 5.41 Å². The van der Waals surface area contributed by atoms with Crippen molar-refractivity contribution in [1.29, 1.82) is 0 Å². The van der Waals surface area contributed by atoms with Crippen molar-refractivity contribution in [2.75, 3.05) is 20.1 Å². The highest BCUT2D eigenvalue weighted by Gasteiger charge is 2.41. The third kappa shape index (κ3) is 3.98. The lowest BCUT2D eigenvalue weighted by atomic mass is 9.67. The van der Waals surface area contributed by atoms with Crippen LogP contribution in [0.1, 0.15) is 43.2 Å². The second kappa shape index (κ2) is 8.40. The molecule has 2 N–H and O–H groups in total. The van der Waals surface area contributed by atoms with Gasteiger partial charge in [0, 0.05) is 13.1 Å². The van der Waals surface area contributed by atoms with Crippen LogP contribution in [0.5, 0.6) is 0 Å². The highest BCUT2D eigenvalue weighted by molar-refractivity contribution is 5.88. The summed E-state index contributed by atoms with van der Waals surface area (Å²) in [5.74, 6) is 0.210. The molecule has 0 bridgehead atoms. The molecule has 1 fully saturated rings. The maximum absolute atomic E-state index is 12.8. The normalized spacial score (nSPS) is 16.9. The molecule has 4 heteroatoms. The number of amides is 1. The van der Waals surface area contributed by atoms with E-state index in [1.165, 1.54) is 17.5 Å². The van der Waals surface area contributed by atoms with E-state index in [0.717, 1.165) is 32.2 Å². The molecule has 0 aliphatic heterocycles. The van der Waals surface area contributed by atoms with E-state index >= 15 is 0 Å². The minimum Gasteiger partial charge on any atom is -0.354 e. The lowest BCUT2D eigenvalue weighted by Crippen LogP contribution is -2.47. The highest BCUT2D eigenvalue weighted by Crippen LogP contribution is 2.41. The largest absolute Gasteiger partial charge is 0.354 e. The molecule has 0 radical (unpaired) electrons. The van der Waals surface area contributed by atoms with Crippen LogP contribution in [0.25, 0.3) is 0 Å². The number of likely N-dealkylation sites (N-methyl/N-ethyl adjacent to an activating group) is 1. The average Bonchev–Trinajstić information content (AvgIpc) is 2.48. The molecule has 21 heavy (non-hydrogen) atoms. The van der Waals surface area contributed by atoms with E-state index < -0.39 is 0 Å². The van der Waals surface area contributed by atoms with E-state index in [2.05, 4.69) is 35.8 Å². The third-order valence-corrected chi connectivity index (χ3v) is 4.46. The van der Waals surface area contributed by atoms with E-state index in [1.54, 1.807) is 0 Å². The van der Waals surface area contributed by atoms with Crippen molar-refractivity contribution in [3.05, 3.63) is 35.4 Å². The van der Waals surface area contributed by atoms with Crippen molar-refractivity contribution in [1.82, 2.24) is 10.6 Å². The zero-order chi connectivity index (χ0) is 14.4. The first kappa shape index (κ1) is 18.0. The highest BCUT2D eigenvalue weighted by atomic mass is 35.5. The van der Waals surface area contributed by atoms with Crippen molar-refractivity contribution in [3.8, 4) is 0 Å². The molecular formula is C17H27ClN2O. The molecule has 1 amide bonds. The smallest absolute Gasteiger partial charge is 0.230 e. The SMILES string of the molecule is CNCCNC(=O)C1(c2ccccc2C)CCCCC1.Cl. The standard InChI is InChI=1S/C17H26N2O.ClH/c1-14-8-4-5-9-15(14)17(10-6-3-7-11-17)16(20)19-13-12-18-2;/h4-5,8-9,18H,3,6-7,10-13H2,1-2H3,(H,19,20);1H. The Kier molecular flexibility index (Phi) is 7.20. The van der Waals surface area contributed by atoms with Crippen LogP contribution >= 0.6 is 12.4 Å². The third-order valence-electron chi connectivity index (χ3n) is 4.46. The number of benzene rings is 1. The predicted octanol–water partition coefficient (Wildman–Crippen LogP) is 2.95. The topological polar surface area (TPSA) is 41.1 Å². The molecule has 0 spiro atoms. The summed E-state index contributed by atoms with van der Waals surface area (Å²) in [6, 6.07) is 8.36. The fraction of sp³-hybridized carbons (Fsp3) is 0.588. The molecule has 1 saturated carbocycles. The summed E-state index contributed by atoms with van der Waals surface area (Å²) in [6.07, 6.45) is 5.49. The van der Waals surface area contributed by atoms with Gasteiger partial charge >= 0.3 is 0 Å². The second-order valence-electron chi connectivity index (χ2n) is 5.82. The van der Waals surface area contributed by atoms with Crippen LogP contribution in [-0.2, 0) is 10.2 Å². The summed E-state index contributed by atoms with van der Waals surface area (Å²) in [5, 5.41) is 6.19. The van der Waals surface area contributed by atoms with Crippen LogP contribution in [0.2, 0.25) is 0 Å². The van der Waals surface area contributed by atoms with E-state index in [4.69, 9.17) is 0 Å². The van der Waals surface area contributed by atoms with Crippen LogP contribution in [0.15, 0.2) is 24.3 Å². The summed E-state index contributed by atoms with van der Waals surface area (Å²) in [7, 11) is 1.91. The minimum absolute atomic E-state index is 0. The van der Waals surface area contributed by atoms with Crippen molar-refractivity contribution >= 4 is 18.3 Å². The van der Waals surface area contributed by atoms with Gasteiger partial charge in [-0.2, -0.15) is 0 Å². The number of hydrogen-bond donors (Lipinski definition) is 2. The van der Waals surface area contributed by atoms with Crippen LogP contribution in [0.3, 0.4) is 0 Å². The van der Waals surface area contributed by atoms with Crippen LogP contribution in [0, 0.1) is 6.92 Å². The zero-order valence-electron chi connectivity index (χ0n) is 13.1. The Balaban J connectivity index is 0.00000220. The number of carbonyl (C=O) groups is 1. The number of rotatable bonds is 5. The molecule has 1 aliphatic rings. The van der Waals surface area contributed by atoms with Gasteiger partial charge in [0.2, 0.25) is 5.91 Å². The fourth-order valence-corrected chi connectivity index (χ4v) is 3.35. The molecule has 0 saturated heterocycles. The van der Waals surface area contributed by atoms with Gasteiger partial charge in [0.1, 0.15) is 0 Å². The monoisotopic (exact) mass is 310 g/mol. The fourth-order valence-electron chi connectivity index (χ4n) is 3.35. The Bertz CT molecular complexity index is 456. The molecule has 0 aromatic heterocycles. The first-order valence-corrected chi connectivity index (χ1v) is 7.70. The van der Waals surface area contributed by atoms with Gasteiger partial charge in [-0.05, 0) is 37.9 Å². The summed E-state index contributed by atoms with van der Waals surface area (Å²) in [5.41, 5.74) is 2.15. The van der Waals surface area contributed by atoms with Crippen molar-refractivity contribution in [2.24, 2.45) is 0 Å². The summed E-state index contributed by atoms with van der Waals surface area (Å²) in [6.45, 7) is 3.63. The molecule has 1 aromatic rings. The second-order valence-corrected chi connectivity index (χ2v) is 5.82. The van der Waals surface area contributed by atoms with Gasteiger partial charge in [-0.25, -0.2) is 0 Å². The van der Waals surface area contributed by atoms with Crippen molar-refractivity contribution < 1.29 is 4.79 Å². The lowest BCUT2D eigenvalue weighted by molar-refractivity contribution is -0.128. The van der Waals surface area contributed by atoms with E-state index in [9.17, 15) is 4.79 Å². The average molecular weight is 311 g/mol. The minimum atomic E-state index is -0.308. The molecule has 2 rings (SSSR count). The molecular weight excluding hydrogens is 284 g/mol. The summed E-state index contributed by atoms with van der Waals surface area (Å²) < 4.78 is 0. The molecule has 1 aromatic carbocycles. The van der Waals surface area contributed by atoms with E-state index in [0.29, 0.717) is 6.54 Å². The van der Waals surface area contributed by atoms with Crippen LogP contribution < -0.4 is 10.6 Å². The Morgan fingerprint density at radius 2 is 1.81 bits per heavy atom. The Hall–Kier alpha value is -1.06. The first-order chi connectivity index (χ1) is 9.70. The number of nitrogens with one attached hydrogen (secondary N) is 2. The molecule has 0 unspecified atom stereocenters. The molecule has 3 nitrogen and oxygen atoms in total. The predicted molar refractivity (Wildman–Crippen MR) is 90.1 cm³/mol. The van der Waals surface area contributed by atoms with Crippen LogP contribution in [0.4, 0.5) is 0 Å². The number of halogens is 1. The van der Waals surface area contributed by atoms with Gasteiger partial charge in [0.15, 0.2) is 0 Å². The first-order valence-electron chi connectivity index (χ1n) is 7.70. The maximum atomic E-state index is 12.8. The molecule has 0 heterocycles. The van der Waals surface area contributed by atoms with Gasteiger partial charge in [-0.3, -0.25) is 4.79 Å². The van der Waals surface area contributed by atoms with Gasteiger partial charge < -0.3 is 10.6 Å². The molecule has 1 aliphatic carbocycles. The zero-order valence-corrected chi connectivity index (χ0v) is 13.9. The van der Waals surface area contributed by atoms with E-state index in [-0.39, 0.29) is 23.7 Å².